The summed E-state index contributed by atoms with van der Waals surface area (Å²) in [6.07, 6.45) is 6.60. The largest absolute Gasteiger partial charge is 0.481 e. The van der Waals surface area contributed by atoms with Gasteiger partial charge in [-0.3, -0.25) is 43.2 Å². The maximum Gasteiger partial charge on any atom is 0.334 e. The second kappa shape index (κ2) is 32.5. The number of carbonyl (C=O) groups is 11. The molecule has 0 aromatic carbocycles. The van der Waals surface area contributed by atoms with Crippen LogP contribution in [0.25, 0.3) is 0 Å². The first kappa shape index (κ1) is 67.9. The van der Waals surface area contributed by atoms with E-state index in [1.165, 1.54) is 13.8 Å². The number of hydrogen-bond acceptors (Lipinski definition) is 17. The normalized spacial score (nSPS) is 21.3. The van der Waals surface area contributed by atoms with Gasteiger partial charge in [0.15, 0.2) is 6.61 Å². The lowest BCUT2D eigenvalue weighted by atomic mass is 9.79. The van der Waals surface area contributed by atoms with Crippen molar-refractivity contribution in [3.05, 3.63) is 11.1 Å². The predicted molar refractivity (Wildman–Crippen MR) is 270 cm³/mol. The van der Waals surface area contributed by atoms with Crippen LogP contribution in [-0.2, 0) is 81.2 Å². The van der Waals surface area contributed by atoms with E-state index < -0.39 is 112 Å². The molecule has 0 aliphatic heterocycles. The molecule has 3 saturated carbocycles. The fourth-order valence-corrected chi connectivity index (χ4v) is 7.92. The van der Waals surface area contributed by atoms with Crippen LogP contribution in [0, 0.1) is 51.8 Å². The maximum absolute atomic E-state index is 12.8. The second-order valence-corrected chi connectivity index (χ2v) is 21.4. The summed E-state index contributed by atoms with van der Waals surface area (Å²) < 4.78 is 31.0. The fourth-order valence-electron chi connectivity index (χ4n) is 7.92. The van der Waals surface area contributed by atoms with Gasteiger partial charge in [-0.1, -0.05) is 66.7 Å². The summed E-state index contributed by atoms with van der Waals surface area (Å²) in [5.41, 5.74) is -1.81. The van der Waals surface area contributed by atoms with E-state index in [9.17, 15) is 63.0 Å². The molecule has 5 N–H and O–H groups in total. The minimum Gasteiger partial charge on any atom is -0.481 e. The lowest BCUT2D eigenvalue weighted by Crippen LogP contribution is -2.41. The van der Waals surface area contributed by atoms with Crippen LogP contribution < -0.4 is 5.32 Å². The van der Waals surface area contributed by atoms with E-state index in [0.29, 0.717) is 89.9 Å². The van der Waals surface area contributed by atoms with Gasteiger partial charge in [-0.15, -0.1) is 0 Å². The van der Waals surface area contributed by atoms with Crippen molar-refractivity contribution in [2.24, 2.45) is 51.8 Å². The molecule has 22 nitrogen and oxygen atoms in total. The van der Waals surface area contributed by atoms with Crippen molar-refractivity contribution in [1.29, 1.82) is 0 Å². The van der Waals surface area contributed by atoms with Gasteiger partial charge < -0.3 is 54.2 Å². The molecule has 3 aliphatic carbocycles. The lowest BCUT2D eigenvalue weighted by molar-refractivity contribution is -0.210. The van der Waals surface area contributed by atoms with Gasteiger partial charge in [0.2, 0.25) is 5.91 Å². The Kier molecular flexibility index (Phi) is 29.0. The van der Waals surface area contributed by atoms with Gasteiger partial charge in [-0.25, -0.2) is 9.59 Å². The van der Waals surface area contributed by atoms with Crippen LogP contribution in [0.2, 0.25) is 0 Å². The molecule has 0 spiro atoms. The van der Waals surface area contributed by atoms with Crippen molar-refractivity contribution in [3.8, 4) is 0 Å². The summed E-state index contributed by atoms with van der Waals surface area (Å²) in [4.78, 5) is 130. The van der Waals surface area contributed by atoms with Crippen molar-refractivity contribution in [1.82, 2.24) is 5.32 Å². The minimum absolute atomic E-state index is 0.00854. The predicted octanol–water partition coefficient (Wildman–Crippen LogP) is 7.06. The van der Waals surface area contributed by atoms with Crippen molar-refractivity contribution in [2.75, 3.05) is 33.0 Å². The molecule has 0 heterocycles. The monoisotopic (exact) mass is 1080 g/mol. The van der Waals surface area contributed by atoms with Gasteiger partial charge in [-0.2, -0.15) is 0 Å². The maximum atomic E-state index is 12.8. The van der Waals surface area contributed by atoms with Crippen molar-refractivity contribution < 1.29 is 102 Å². The van der Waals surface area contributed by atoms with Crippen molar-refractivity contribution in [2.45, 2.75) is 179 Å². The Hall–Kier alpha value is -6.09. The highest BCUT2D eigenvalue weighted by Gasteiger charge is 2.42. The molecule has 3 rings (SSSR count). The first-order chi connectivity index (χ1) is 35.4. The Bertz CT molecular complexity index is 2010. The van der Waals surface area contributed by atoms with Gasteiger partial charge in [0.1, 0.15) is 19.8 Å². The average Bonchev–Trinajstić information content (AvgIpc) is 3.39. The van der Waals surface area contributed by atoms with Crippen LogP contribution in [0.3, 0.4) is 0 Å². The fraction of sp³-hybridized carbons (Fsp3) is 0.759. The highest BCUT2D eigenvalue weighted by Crippen LogP contribution is 2.34. The van der Waals surface area contributed by atoms with E-state index in [1.54, 1.807) is 27.7 Å². The lowest BCUT2D eigenvalue weighted by Gasteiger charge is -2.31. The molecule has 76 heavy (non-hydrogen) atoms. The summed E-state index contributed by atoms with van der Waals surface area (Å²) >= 11 is 0. The number of hydrogen-bond donors (Lipinski definition) is 5. The van der Waals surface area contributed by atoms with Crippen LogP contribution >= 0.6 is 0 Å². The van der Waals surface area contributed by atoms with Gasteiger partial charge >= 0.3 is 59.7 Å². The smallest absolute Gasteiger partial charge is 0.334 e. The average molecular weight is 1080 g/mol. The van der Waals surface area contributed by atoms with E-state index in [4.69, 9.17) is 38.6 Å². The van der Waals surface area contributed by atoms with E-state index >= 15 is 0 Å². The molecular weight excluding hydrogens is 999 g/mol. The third-order valence-corrected chi connectivity index (χ3v) is 14.7. The van der Waals surface area contributed by atoms with E-state index in [-0.39, 0.29) is 55.3 Å². The van der Waals surface area contributed by atoms with E-state index in [2.05, 4.69) is 5.32 Å². The van der Waals surface area contributed by atoms with Crippen LogP contribution in [0.15, 0.2) is 11.1 Å². The number of amides is 1. The number of nitrogens with one attached hydrogen (secondary N) is 1. The quantitative estimate of drug-likeness (QED) is 0.0212. The Morgan fingerprint density at radius 1 is 0.487 bits per heavy atom. The Labute approximate surface area is 446 Å². The minimum atomic E-state index is -1.59. The molecular formula is C54H85NO21. The Morgan fingerprint density at radius 2 is 0.921 bits per heavy atom. The summed E-state index contributed by atoms with van der Waals surface area (Å²) in [7, 11) is 0. The zero-order valence-corrected chi connectivity index (χ0v) is 46.4. The standard InChI is InChI=1S/C24H36O10.C16H26O6.C14H23NO5/c1-4-24(2,3)23(31)32-13-18(33-21(29)16-11-7-5-9-14(16)19(25)26)34-22(30)17-12-8-6-10-15(17)20(27)28;1-4-16(2,3)15(20)22-9-8-21-14(19)12-7-5-6-11(10-12)13(17)18;1-6-14(4,5)13(19)15-7-8-20-12(18)10(3)9(2)11(16)17/h14-18H,4-13H2,1-3H3,(H,25,26)(H,27,28);11-12H,4-10H2,1-3H3,(H,17,18);6-8H2,1-5H3,(H,15,19)(H,16,17)/b;;10-9-. The van der Waals surface area contributed by atoms with Crippen molar-refractivity contribution >= 4 is 65.6 Å². The van der Waals surface area contributed by atoms with Crippen LogP contribution in [0.1, 0.15) is 172 Å². The van der Waals surface area contributed by atoms with Crippen molar-refractivity contribution in [3.63, 3.8) is 0 Å². The Balaban J connectivity index is 0.000000600. The molecule has 0 aromatic rings. The third kappa shape index (κ3) is 22.6. The van der Waals surface area contributed by atoms with Crippen LogP contribution in [-0.4, -0.2) is 125 Å². The zero-order chi connectivity index (χ0) is 58.1. The van der Waals surface area contributed by atoms with E-state index in [1.807, 2.05) is 34.6 Å². The van der Waals surface area contributed by atoms with E-state index in [0.717, 1.165) is 6.42 Å². The number of ether oxygens (including phenoxy) is 6. The molecule has 0 radical (unpaired) electrons. The summed E-state index contributed by atoms with van der Waals surface area (Å²) in [6.45, 7) is 18.7. The third-order valence-electron chi connectivity index (χ3n) is 14.7. The second-order valence-electron chi connectivity index (χ2n) is 21.4. The number of esters is 6. The first-order valence-corrected chi connectivity index (χ1v) is 26.3. The molecule has 0 bridgehead atoms. The number of aliphatic carboxylic acids is 4. The number of carboxylic acids is 4. The molecule has 6 atom stereocenters. The SMILES string of the molecule is CCC(C)(C)C(=O)NCCOC(=O)/C(C)=C(/C)C(=O)O.CCC(C)(C)C(=O)OCC(OC(=O)C1CCCCC1C(=O)O)OC(=O)C1CCCCC1C(=O)O.CCC(C)(C)C(=O)OCCOC(=O)C1CCCC(C(=O)O)C1. The first-order valence-electron chi connectivity index (χ1n) is 26.3. The Morgan fingerprint density at radius 3 is 1.36 bits per heavy atom. The summed E-state index contributed by atoms with van der Waals surface area (Å²) in [6, 6.07) is 0. The topological polar surface area (TPSA) is 336 Å². The molecule has 3 fully saturated rings. The summed E-state index contributed by atoms with van der Waals surface area (Å²) in [5.74, 6) is -12.4. The number of carbonyl (C=O) groups excluding carboxylic acids is 7. The van der Waals surface area contributed by atoms with Crippen LogP contribution in [0.4, 0.5) is 0 Å². The van der Waals surface area contributed by atoms with Gasteiger partial charge in [-0.05, 0) is 106 Å². The molecule has 0 saturated heterocycles. The zero-order valence-electron chi connectivity index (χ0n) is 46.4. The highest BCUT2D eigenvalue weighted by atomic mass is 16.7. The van der Waals surface area contributed by atoms with Gasteiger partial charge in [0.05, 0.1) is 52.9 Å². The number of carboxylic acid groups (broad SMARTS) is 4. The molecule has 0 aromatic heterocycles. The number of rotatable bonds is 24. The van der Waals surface area contributed by atoms with Gasteiger partial charge in [0, 0.05) is 16.6 Å². The van der Waals surface area contributed by atoms with Crippen LogP contribution in [0.5, 0.6) is 0 Å². The molecule has 3 aliphatic rings. The van der Waals surface area contributed by atoms with Gasteiger partial charge in [0.25, 0.3) is 6.29 Å². The summed E-state index contributed by atoms with van der Waals surface area (Å²) in [5, 5.41) is 39.3. The molecule has 1 amide bonds. The molecule has 432 valence electrons. The molecule has 6 unspecified atom stereocenters. The highest BCUT2D eigenvalue weighted by molar-refractivity contribution is 5.98. The molecule has 22 heteroatoms.